The second-order valence-corrected chi connectivity index (χ2v) is 3.82. The van der Waals surface area contributed by atoms with E-state index in [9.17, 15) is 4.39 Å². The van der Waals surface area contributed by atoms with Crippen LogP contribution in [0, 0.1) is 5.82 Å². The lowest BCUT2D eigenvalue weighted by atomic mass is 9.89. The molecule has 1 aliphatic carbocycles. The number of fused-ring (bicyclic) bond motifs is 1. The summed E-state index contributed by atoms with van der Waals surface area (Å²) in [6.07, 6.45) is 3.76. The summed E-state index contributed by atoms with van der Waals surface area (Å²) in [5.41, 5.74) is 8.74. The van der Waals surface area contributed by atoms with E-state index in [1.807, 2.05) is 19.1 Å². The fourth-order valence-corrected chi connectivity index (χ4v) is 1.86. The third-order valence-corrected chi connectivity index (χ3v) is 2.74. The first-order valence-electron chi connectivity index (χ1n) is 4.92. The summed E-state index contributed by atoms with van der Waals surface area (Å²) in [5, 5.41) is 0. The summed E-state index contributed by atoms with van der Waals surface area (Å²) in [6.45, 7) is 1.94. The minimum Gasteiger partial charge on any atom is -0.324 e. The third-order valence-electron chi connectivity index (χ3n) is 2.74. The Balaban J connectivity index is 2.47. The maximum absolute atomic E-state index is 13.4. The van der Waals surface area contributed by atoms with E-state index in [-0.39, 0.29) is 11.9 Å². The van der Waals surface area contributed by atoms with Crippen molar-refractivity contribution >= 4 is 6.08 Å². The number of rotatable bonds is 1. The summed E-state index contributed by atoms with van der Waals surface area (Å²) < 4.78 is 13.4. The fraction of sp³-hybridized carbons (Fsp3) is 0.333. The number of nitrogens with two attached hydrogens (primary N) is 1. The zero-order valence-corrected chi connectivity index (χ0v) is 8.26. The van der Waals surface area contributed by atoms with Gasteiger partial charge in [0.05, 0.1) is 0 Å². The lowest BCUT2D eigenvalue weighted by Gasteiger charge is -2.19. The van der Waals surface area contributed by atoms with Crippen LogP contribution in [0.5, 0.6) is 0 Å². The summed E-state index contributed by atoms with van der Waals surface area (Å²) in [6, 6.07) is 5.27. The average molecular weight is 191 g/mol. The molecule has 0 saturated carbocycles. The molecule has 0 amide bonds. The molecule has 1 aromatic carbocycles. The average Bonchev–Trinajstić information content (AvgIpc) is 2.18. The van der Waals surface area contributed by atoms with Gasteiger partial charge < -0.3 is 5.73 Å². The van der Waals surface area contributed by atoms with E-state index in [1.54, 1.807) is 6.07 Å². The Labute approximate surface area is 83.4 Å². The van der Waals surface area contributed by atoms with Gasteiger partial charge in [0.15, 0.2) is 0 Å². The maximum Gasteiger partial charge on any atom is 0.130 e. The zero-order chi connectivity index (χ0) is 10.1. The number of hydrogen-bond donors (Lipinski definition) is 1. The predicted molar refractivity (Wildman–Crippen MR) is 56.3 cm³/mol. The van der Waals surface area contributed by atoms with E-state index in [1.165, 1.54) is 6.07 Å². The molecule has 2 N–H and O–H groups in total. The Morgan fingerprint density at radius 2 is 2.14 bits per heavy atom. The van der Waals surface area contributed by atoms with Crippen LogP contribution in [0.2, 0.25) is 0 Å². The monoisotopic (exact) mass is 191 g/mol. The molecular formula is C12H14FN. The molecule has 1 aromatic rings. The minimum atomic E-state index is -0.139. The van der Waals surface area contributed by atoms with Crippen molar-refractivity contribution < 1.29 is 4.39 Å². The van der Waals surface area contributed by atoms with Crippen LogP contribution in [0.1, 0.15) is 24.5 Å². The topological polar surface area (TPSA) is 26.0 Å². The molecule has 1 atom stereocenters. The highest BCUT2D eigenvalue weighted by Gasteiger charge is 2.15. The number of aryl methyl sites for hydroxylation is 1. The molecule has 1 unspecified atom stereocenters. The van der Waals surface area contributed by atoms with Gasteiger partial charge in [-0.15, -0.1) is 0 Å². The Kier molecular flexibility index (Phi) is 2.38. The zero-order valence-electron chi connectivity index (χ0n) is 8.26. The lowest BCUT2D eigenvalue weighted by molar-refractivity contribution is 0.619. The van der Waals surface area contributed by atoms with Gasteiger partial charge in [-0.25, -0.2) is 4.39 Å². The molecule has 0 heterocycles. The Morgan fingerprint density at radius 3 is 2.86 bits per heavy atom. The number of hydrogen-bond acceptors (Lipinski definition) is 1. The molecule has 14 heavy (non-hydrogen) atoms. The molecule has 0 radical (unpaired) electrons. The van der Waals surface area contributed by atoms with Gasteiger partial charge in [-0.05, 0) is 31.4 Å². The van der Waals surface area contributed by atoms with Gasteiger partial charge in [0.25, 0.3) is 0 Å². The van der Waals surface area contributed by atoms with Crippen molar-refractivity contribution in [1.82, 2.24) is 0 Å². The standard InChI is InChI=1S/C12H14FN/c1-8(14)10-6-5-9-3-2-4-12(13)11(9)7-10/h2-4,7-8H,5-6,14H2,1H3. The first kappa shape index (κ1) is 9.41. The molecule has 0 aliphatic heterocycles. The van der Waals surface area contributed by atoms with Gasteiger partial charge in [0.2, 0.25) is 0 Å². The quantitative estimate of drug-likeness (QED) is 0.725. The van der Waals surface area contributed by atoms with Gasteiger partial charge in [0, 0.05) is 11.6 Å². The molecule has 1 aliphatic rings. The highest BCUT2D eigenvalue weighted by molar-refractivity contribution is 5.61. The van der Waals surface area contributed by atoms with Gasteiger partial charge in [0.1, 0.15) is 5.82 Å². The van der Waals surface area contributed by atoms with Crippen LogP contribution < -0.4 is 5.73 Å². The fourth-order valence-electron chi connectivity index (χ4n) is 1.86. The Morgan fingerprint density at radius 1 is 1.36 bits per heavy atom. The van der Waals surface area contributed by atoms with Crippen LogP contribution in [-0.2, 0) is 6.42 Å². The smallest absolute Gasteiger partial charge is 0.130 e. The molecular weight excluding hydrogens is 177 g/mol. The first-order chi connectivity index (χ1) is 6.68. The van der Waals surface area contributed by atoms with Crippen molar-refractivity contribution in [3.05, 3.63) is 40.7 Å². The van der Waals surface area contributed by atoms with Gasteiger partial charge in [-0.1, -0.05) is 23.8 Å². The highest BCUT2D eigenvalue weighted by atomic mass is 19.1. The Hall–Kier alpha value is -1.15. The van der Waals surface area contributed by atoms with Crippen LogP contribution in [0.25, 0.3) is 6.08 Å². The minimum absolute atomic E-state index is 0.0303. The SMILES string of the molecule is CC(N)C1=Cc2c(F)cccc2CC1. The molecule has 0 spiro atoms. The van der Waals surface area contributed by atoms with Gasteiger partial charge >= 0.3 is 0 Å². The molecule has 2 heteroatoms. The molecule has 2 rings (SSSR count). The third kappa shape index (κ3) is 1.58. The largest absolute Gasteiger partial charge is 0.324 e. The Bertz CT molecular complexity index is 380. The number of benzene rings is 1. The van der Waals surface area contributed by atoms with E-state index in [2.05, 4.69) is 0 Å². The summed E-state index contributed by atoms with van der Waals surface area (Å²) in [5.74, 6) is -0.139. The molecule has 0 fully saturated rings. The summed E-state index contributed by atoms with van der Waals surface area (Å²) in [4.78, 5) is 0. The molecule has 74 valence electrons. The van der Waals surface area contributed by atoms with Gasteiger partial charge in [-0.2, -0.15) is 0 Å². The van der Waals surface area contributed by atoms with Crippen molar-refractivity contribution in [3.8, 4) is 0 Å². The van der Waals surface area contributed by atoms with E-state index in [0.717, 1.165) is 29.5 Å². The molecule has 0 saturated heterocycles. The maximum atomic E-state index is 13.4. The van der Waals surface area contributed by atoms with Crippen molar-refractivity contribution in [2.75, 3.05) is 0 Å². The lowest BCUT2D eigenvalue weighted by Crippen LogP contribution is -2.20. The van der Waals surface area contributed by atoms with E-state index < -0.39 is 0 Å². The summed E-state index contributed by atoms with van der Waals surface area (Å²) >= 11 is 0. The van der Waals surface area contributed by atoms with Crippen LogP contribution in [-0.4, -0.2) is 6.04 Å². The van der Waals surface area contributed by atoms with Crippen LogP contribution in [0.15, 0.2) is 23.8 Å². The first-order valence-corrected chi connectivity index (χ1v) is 4.92. The molecule has 0 aromatic heterocycles. The molecule has 0 bridgehead atoms. The van der Waals surface area contributed by atoms with Gasteiger partial charge in [-0.3, -0.25) is 0 Å². The van der Waals surface area contributed by atoms with E-state index in [4.69, 9.17) is 5.73 Å². The molecule has 1 nitrogen and oxygen atoms in total. The second kappa shape index (κ2) is 3.54. The van der Waals surface area contributed by atoms with E-state index in [0.29, 0.717) is 0 Å². The van der Waals surface area contributed by atoms with Crippen LogP contribution >= 0.6 is 0 Å². The van der Waals surface area contributed by atoms with E-state index >= 15 is 0 Å². The second-order valence-electron chi connectivity index (χ2n) is 3.82. The van der Waals surface area contributed by atoms with Crippen molar-refractivity contribution in [2.24, 2.45) is 5.73 Å². The van der Waals surface area contributed by atoms with Crippen molar-refractivity contribution in [1.29, 1.82) is 0 Å². The highest BCUT2D eigenvalue weighted by Crippen LogP contribution is 2.26. The van der Waals surface area contributed by atoms with Crippen molar-refractivity contribution in [2.45, 2.75) is 25.8 Å². The predicted octanol–water partition coefficient (Wildman–Crippen LogP) is 2.50. The number of halogens is 1. The van der Waals surface area contributed by atoms with Crippen LogP contribution in [0.3, 0.4) is 0 Å². The summed E-state index contributed by atoms with van der Waals surface area (Å²) in [7, 11) is 0. The normalized spacial score (nSPS) is 17.2. The van der Waals surface area contributed by atoms with Crippen LogP contribution in [0.4, 0.5) is 4.39 Å². The van der Waals surface area contributed by atoms with Crippen molar-refractivity contribution in [3.63, 3.8) is 0 Å².